The molecule has 1 amide bonds. The standard InChI is InChI=1S/C11H20F2N2O2/c1-10(2,3)15-9(16)17-7-5-4-6-11(12,13)8(7)14/h7-8H,4-6,14H2,1-3H3,(H,15,16)/t7-,8-/m1/s1. The Hall–Kier alpha value is -0.910. The highest BCUT2D eigenvalue weighted by Gasteiger charge is 2.46. The highest BCUT2D eigenvalue weighted by Crippen LogP contribution is 2.33. The van der Waals surface area contributed by atoms with E-state index in [0.29, 0.717) is 12.8 Å². The molecule has 2 atom stereocenters. The van der Waals surface area contributed by atoms with Crippen LogP contribution >= 0.6 is 0 Å². The summed E-state index contributed by atoms with van der Waals surface area (Å²) >= 11 is 0. The lowest BCUT2D eigenvalue weighted by atomic mass is 9.89. The van der Waals surface area contributed by atoms with Gasteiger partial charge >= 0.3 is 6.09 Å². The third-order valence-electron chi connectivity index (χ3n) is 2.62. The summed E-state index contributed by atoms with van der Waals surface area (Å²) in [5.41, 5.74) is 4.95. The summed E-state index contributed by atoms with van der Waals surface area (Å²) in [5, 5.41) is 2.55. The van der Waals surface area contributed by atoms with Crippen LogP contribution in [-0.4, -0.2) is 29.7 Å². The first-order chi connectivity index (χ1) is 7.62. The number of alkyl halides is 2. The van der Waals surface area contributed by atoms with Crippen LogP contribution in [0, 0.1) is 0 Å². The Kier molecular flexibility index (Phi) is 3.96. The van der Waals surface area contributed by atoms with Gasteiger partial charge in [-0.3, -0.25) is 0 Å². The Morgan fingerprint density at radius 2 is 2.06 bits per heavy atom. The molecule has 0 aromatic rings. The molecule has 0 unspecified atom stereocenters. The molecular formula is C11H20F2N2O2. The van der Waals surface area contributed by atoms with Crippen molar-refractivity contribution in [1.29, 1.82) is 0 Å². The molecule has 0 bridgehead atoms. The summed E-state index contributed by atoms with van der Waals surface area (Å²) < 4.78 is 31.6. The first-order valence-corrected chi connectivity index (χ1v) is 5.74. The van der Waals surface area contributed by atoms with Crippen LogP contribution in [0.3, 0.4) is 0 Å². The lowest BCUT2D eigenvalue weighted by Crippen LogP contribution is -2.55. The summed E-state index contributed by atoms with van der Waals surface area (Å²) in [6, 6.07) is -1.41. The number of carbonyl (C=O) groups excluding carboxylic acids is 1. The third kappa shape index (κ3) is 4.11. The second-order valence-corrected chi connectivity index (χ2v) is 5.50. The largest absolute Gasteiger partial charge is 0.444 e. The second kappa shape index (κ2) is 4.76. The van der Waals surface area contributed by atoms with Crippen molar-refractivity contribution in [3.05, 3.63) is 0 Å². The van der Waals surface area contributed by atoms with E-state index in [1.807, 2.05) is 0 Å². The Bertz CT molecular complexity index is 290. The summed E-state index contributed by atoms with van der Waals surface area (Å²) in [6.07, 6.45) is -1.16. The van der Waals surface area contributed by atoms with Crippen molar-refractivity contribution in [3.63, 3.8) is 0 Å². The molecule has 6 heteroatoms. The van der Waals surface area contributed by atoms with Crippen molar-refractivity contribution in [3.8, 4) is 0 Å². The zero-order chi connectivity index (χ0) is 13.3. The van der Waals surface area contributed by atoms with Crippen molar-refractivity contribution in [2.24, 2.45) is 5.73 Å². The fourth-order valence-corrected chi connectivity index (χ4v) is 1.76. The van der Waals surface area contributed by atoms with Crippen LogP contribution in [0.25, 0.3) is 0 Å². The minimum absolute atomic E-state index is 0.241. The van der Waals surface area contributed by atoms with Crippen LogP contribution in [-0.2, 0) is 4.74 Å². The van der Waals surface area contributed by atoms with Gasteiger partial charge in [0.15, 0.2) is 0 Å². The van der Waals surface area contributed by atoms with Gasteiger partial charge < -0.3 is 15.8 Å². The van der Waals surface area contributed by atoms with E-state index in [1.165, 1.54) is 0 Å². The van der Waals surface area contributed by atoms with Gasteiger partial charge in [0.2, 0.25) is 0 Å². The van der Waals surface area contributed by atoms with Gasteiger partial charge in [-0.2, -0.15) is 0 Å². The van der Waals surface area contributed by atoms with E-state index in [1.54, 1.807) is 20.8 Å². The number of alkyl carbamates (subject to hydrolysis) is 1. The molecule has 0 aromatic heterocycles. The molecular weight excluding hydrogens is 230 g/mol. The normalized spacial score (nSPS) is 28.6. The molecule has 1 rings (SSSR count). The topological polar surface area (TPSA) is 64.3 Å². The van der Waals surface area contributed by atoms with Crippen molar-refractivity contribution in [2.75, 3.05) is 0 Å². The van der Waals surface area contributed by atoms with Crippen molar-refractivity contribution >= 4 is 6.09 Å². The van der Waals surface area contributed by atoms with Crippen molar-refractivity contribution in [1.82, 2.24) is 5.32 Å². The molecule has 1 fully saturated rings. The van der Waals surface area contributed by atoms with Gasteiger partial charge in [-0.25, -0.2) is 13.6 Å². The van der Waals surface area contributed by atoms with Gasteiger partial charge in [0, 0.05) is 12.0 Å². The lowest BCUT2D eigenvalue weighted by Gasteiger charge is -2.35. The molecule has 0 spiro atoms. The molecule has 0 radical (unpaired) electrons. The lowest BCUT2D eigenvalue weighted by molar-refractivity contribution is -0.0976. The summed E-state index contributed by atoms with van der Waals surface area (Å²) in [4.78, 5) is 11.4. The zero-order valence-electron chi connectivity index (χ0n) is 10.4. The second-order valence-electron chi connectivity index (χ2n) is 5.50. The smallest absolute Gasteiger partial charge is 0.407 e. The molecule has 1 aliphatic carbocycles. The number of nitrogens with one attached hydrogen (secondary N) is 1. The third-order valence-corrected chi connectivity index (χ3v) is 2.62. The van der Waals surface area contributed by atoms with Gasteiger partial charge in [-0.1, -0.05) is 0 Å². The predicted molar refractivity (Wildman–Crippen MR) is 59.9 cm³/mol. The Morgan fingerprint density at radius 1 is 1.47 bits per heavy atom. The van der Waals surface area contributed by atoms with Gasteiger partial charge in [0.25, 0.3) is 5.92 Å². The first-order valence-electron chi connectivity index (χ1n) is 5.74. The molecule has 17 heavy (non-hydrogen) atoms. The van der Waals surface area contributed by atoms with Gasteiger partial charge in [0.1, 0.15) is 12.1 Å². The number of nitrogens with two attached hydrogens (primary N) is 1. The summed E-state index contributed by atoms with van der Waals surface area (Å²) in [7, 11) is 0. The fourth-order valence-electron chi connectivity index (χ4n) is 1.76. The summed E-state index contributed by atoms with van der Waals surface area (Å²) in [5.74, 6) is -2.95. The molecule has 1 saturated carbocycles. The molecule has 0 aliphatic heterocycles. The maximum absolute atomic E-state index is 13.3. The van der Waals surface area contributed by atoms with Crippen molar-refractivity contribution < 1.29 is 18.3 Å². The fraction of sp³-hybridized carbons (Fsp3) is 0.909. The highest BCUT2D eigenvalue weighted by molar-refractivity contribution is 5.68. The minimum Gasteiger partial charge on any atom is -0.444 e. The van der Waals surface area contributed by atoms with Gasteiger partial charge in [-0.15, -0.1) is 0 Å². The SMILES string of the molecule is CC(C)(C)NC(=O)O[C@@H]1CCCC(F)(F)[C@@H]1N. The van der Waals surface area contributed by atoms with Crippen LogP contribution in [0.4, 0.5) is 13.6 Å². The van der Waals surface area contributed by atoms with E-state index in [9.17, 15) is 13.6 Å². The predicted octanol–water partition coefficient (Wildman–Crippen LogP) is 2.03. The maximum Gasteiger partial charge on any atom is 0.407 e. The van der Waals surface area contributed by atoms with E-state index < -0.39 is 29.7 Å². The summed E-state index contributed by atoms with van der Waals surface area (Å²) in [6.45, 7) is 5.34. The molecule has 0 saturated heterocycles. The van der Waals surface area contributed by atoms with E-state index in [2.05, 4.69) is 5.32 Å². The van der Waals surface area contributed by atoms with E-state index >= 15 is 0 Å². The molecule has 0 heterocycles. The Morgan fingerprint density at radius 3 is 2.59 bits per heavy atom. The zero-order valence-corrected chi connectivity index (χ0v) is 10.4. The van der Waals surface area contributed by atoms with E-state index in [-0.39, 0.29) is 6.42 Å². The first kappa shape index (κ1) is 14.2. The van der Waals surface area contributed by atoms with Crippen LogP contribution in [0.1, 0.15) is 40.0 Å². The number of halogens is 2. The number of hydrogen-bond donors (Lipinski definition) is 2. The number of ether oxygens (including phenoxy) is 1. The number of hydrogen-bond acceptors (Lipinski definition) is 3. The van der Waals surface area contributed by atoms with Crippen LogP contribution in [0.15, 0.2) is 0 Å². The van der Waals surface area contributed by atoms with E-state index in [4.69, 9.17) is 10.5 Å². The number of amides is 1. The monoisotopic (exact) mass is 250 g/mol. The number of carbonyl (C=O) groups is 1. The Balaban J connectivity index is 2.54. The van der Waals surface area contributed by atoms with Crippen LogP contribution in [0.2, 0.25) is 0 Å². The minimum atomic E-state index is -2.95. The maximum atomic E-state index is 13.3. The highest BCUT2D eigenvalue weighted by atomic mass is 19.3. The molecule has 1 aliphatic rings. The average Bonchev–Trinajstić information content (AvgIpc) is 2.09. The van der Waals surface area contributed by atoms with Gasteiger partial charge in [-0.05, 0) is 33.6 Å². The molecule has 0 aromatic carbocycles. The number of rotatable bonds is 1. The van der Waals surface area contributed by atoms with Crippen LogP contribution < -0.4 is 11.1 Å². The van der Waals surface area contributed by atoms with Crippen LogP contribution in [0.5, 0.6) is 0 Å². The van der Waals surface area contributed by atoms with Crippen molar-refractivity contribution in [2.45, 2.75) is 63.6 Å². The van der Waals surface area contributed by atoms with Gasteiger partial charge in [0.05, 0.1) is 0 Å². The molecule has 4 nitrogen and oxygen atoms in total. The molecule has 3 N–H and O–H groups in total. The average molecular weight is 250 g/mol. The quantitative estimate of drug-likeness (QED) is 0.748. The molecule has 100 valence electrons. The van der Waals surface area contributed by atoms with E-state index in [0.717, 1.165) is 0 Å². The Labute approximate surface area is 99.9 Å².